The Hall–Kier alpha value is 0.230. The summed E-state index contributed by atoms with van der Waals surface area (Å²) in [6.45, 7) is 2.74. The first-order valence-electron chi connectivity index (χ1n) is 6.59. The topological polar surface area (TPSA) is 38.7 Å². The fourth-order valence-corrected chi connectivity index (χ4v) is 4.21. The Balaban J connectivity index is 1.96. The predicted molar refractivity (Wildman–Crippen MR) is 70.4 cm³/mol. The van der Waals surface area contributed by atoms with E-state index in [-0.39, 0.29) is 17.8 Å². The summed E-state index contributed by atoms with van der Waals surface area (Å²) in [7, 11) is 1.67. The number of ether oxygens (including phenoxy) is 2. The van der Waals surface area contributed by atoms with Gasteiger partial charge < -0.3 is 14.6 Å². The van der Waals surface area contributed by atoms with Crippen molar-refractivity contribution in [1.29, 1.82) is 0 Å². The van der Waals surface area contributed by atoms with Crippen LogP contribution in [0.15, 0.2) is 0 Å². The normalized spacial score (nSPS) is 32.3. The molecule has 0 aromatic heterocycles. The second kappa shape index (κ2) is 5.91. The molecule has 0 aliphatic carbocycles. The molecule has 0 bridgehead atoms. The predicted octanol–water partition coefficient (Wildman–Crippen LogP) is 2.07. The zero-order valence-electron chi connectivity index (χ0n) is 10.9. The number of aliphatic hydroxyl groups excluding tert-OH is 1. The SMILES string of the molecule is COC(C)C(O)C1CCOC2(CCSCC2)C1. The Kier molecular flexibility index (Phi) is 4.75. The van der Waals surface area contributed by atoms with Gasteiger partial charge in [-0.1, -0.05) is 0 Å². The molecule has 3 atom stereocenters. The highest BCUT2D eigenvalue weighted by Gasteiger charge is 2.41. The van der Waals surface area contributed by atoms with Gasteiger partial charge in [0.05, 0.1) is 17.8 Å². The second-order valence-corrected chi connectivity index (χ2v) is 6.55. The molecule has 4 heteroatoms. The summed E-state index contributed by atoms with van der Waals surface area (Å²) in [5.74, 6) is 2.73. The third-order valence-corrected chi connectivity index (χ3v) is 5.26. The van der Waals surface area contributed by atoms with Crippen LogP contribution in [0.3, 0.4) is 0 Å². The summed E-state index contributed by atoms with van der Waals surface area (Å²) in [6, 6.07) is 0. The van der Waals surface area contributed by atoms with Gasteiger partial charge in [0.1, 0.15) is 0 Å². The molecule has 2 aliphatic heterocycles. The van der Waals surface area contributed by atoms with Gasteiger partial charge in [-0.05, 0) is 50.0 Å². The standard InChI is InChI=1S/C13H24O3S/c1-10(15-2)12(14)11-3-6-16-13(9-11)4-7-17-8-5-13/h10-12,14H,3-9H2,1-2H3. The molecule has 2 heterocycles. The van der Waals surface area contributed by atoms with E-state index in [1.165, 1.54) is 11.5 Å². The average Bonchev–Trinajstić information content (AvgIpc) is 2.38. The van der Waals surface area contributed by atoms with E-state index in [9.17, 15) is 5.11 Å². The van der Waals surface area contributed by atoms with Crippen molar-refractivity contribution in [2.24, 2.45) is 5.92 Å². The van der Waals surface area contributed by atoms with Crippen LogP contribution in [0.2, 0.25) is 0 Å². The minimum absolute atomic E-state index is 0.0581. The van der Waals surface area contributed by atoms with E-state index in [1.807, 2.05) is 18.7 Å². The lowest BCUT2D eigenvalue weighted by Gasteiger charge is -2.45. The summed E-state index contributed by atoms with van der Waals surface area (Å²) < 4.78 is 11.3. The van der Waals surface area contributed by atoms with E-state index in [0.29, 0.717) is 5.92 Å². The quantitative estimate of drug-likeness (QED) is 0.843. The fraction of sp³-hybridized carbons (Fsp3) is 1.00. The summed E-state index contributed by atoms with van der Waals surface area (Å²) in [5, 5.41) is 10.3. The second-order valence-electron chi connectivity index (χ2n) is 5.33. The van der Waals surface area contributed by atoms with E-state index >= 15 is 0 Å². The Morgan fingerprint density at radius 2 is 2.12 bits per heavy atom. The van der Waals surface area contributed by atoms with Crippen LogP contribution in [-0.4, -0.2) is 48.1 Å². The maximum atomic E-state index is 10.3. The molecule has 17 heavy (non-hydrogen) atoms. The van der Waals surface area contributed by atoms with Crippen LogP contribution in [0, 0.1) is 5.92 Å². The molecule has 2 rings (SSSR count). The summed E-state index contributed by atoms with van der Waals surface area (Å²) >= 11 is 2.02. The van der Waals surface area contributed by atoms with Crippen molar-refractivity contribution in [3.8, 4) is 0 Å². The largest absolute Gasteiger partial charge is 0.390 e. The number of methoxy groups -OCH3 is 1. The lowest BCUT2D eigenvalue weighted by atomic mass is 9.78. The van der Waals surface area contributed by atoms with Gasteiger partial charge in [-0.25, -0.2) is 0 Å². The van der Waals surface area contributed by atoms with Gasteiger partial charge in [-0.2, -0.15) is 11.8 Å². The third-order valence-electron chi connectivity index (χ3n) is 4.27. The van der Waals surface area contributed by atoms with Gasteiger partial charge in [0, 0.05) is 13.7 Å². The van der Waals surface area contributed by atoms with E-state index in [1.54, 1.807) is 7.11 Å². The summed E-state index contributed by atoms with van der Waals surface area (Å²) in [4.78, 5) is 0. The van der Waals surface area contributed by atoms with Crippen molar-refractivity contribution in [3.63, 3.8) is 0 Å². The highest BCUT2D eigenvalue weighted by Crippen LogP contribution is 2.41. The molecular formula is C13H24O3S. The van der Waals surface area contributed by atoms with Crippen LogP contribution in [0.4, 0.5) is 0 Å². The van der Waals surface area contributed by atoms with E-state index in [4.69, 9.17) is 9.47 Å². The van der Waals surface area contributed by atoms with Crippen LogP contribution < -0.4 is 0 Å². The Bertz CT molecular complexity index is 235. The van der Waals surface area contributed by atoms with Gasteiger partial charge in [0.15, 0.2) is 0 Å². The molecule has 1 spiro atoms. The number of rotatable bonds is 3. The van der Waals surface area contributed by atoms with Gasteiger partial charge in [-0.15, -0.1) is 0 Å². The summed E-state index contributed by atoms with van der Waals surface area (Å²) in [5.41, 5.74) is 0.0581. The first kappa shape index (κ1) is 13.7. The van der Waals surface area contributed by atoms with Crippen LogP contribution in [0.25, 0.3) is 0 Å². The molecule has 0 amide bonds. The van der Waals surface area contributed by atoms with Gasteiger partial charge in [0.2, 0.25) is 0 Å². The molecule has 0 aromatic carbocycles. The average molecular weight is 260 g/mol. The first-order chi connectivity index (χ1) is 8.17. The molecule has 3 nitrogen and oxygen atoms in total. The van der Waals surface area contributed by atoms with Crippen molar-refractivity contribution in [3.05, 3.63) is 0 Å². The lowest BCUT2D eigenvalue weighted by molar-refractivity contribution is -0.136. The minimum atomic E-state index is -0.352. The zero-order chi connectivity index (χ0) is 12.3. The number of hydrogen-bond acceptors (Lipinski definition) is 4. The highest BCUT2D eigenvalue weighted by atomic mass is 32.2. The van der Waals surface area contributed by atoms with Crippen LogP contribution >= 0.6 is 11.8 Å². The molecule has 2 fully saturated rings. The maximum absolute atomic E-state index is 10.3. The van der Waals surface area contributed by atoms with Gasteiger partial charge >= 0.3 is 0 Å². The smallest absolute Gasteiger partial charge is 0.0828 e. The van der Waals surface area contributed by atoms with Gasteiger partial charge in [-0.3, -0.25) is 0 Å². The molecule has 0 saturated carbocycles. The lowest BCUT2D eigenvalue weighted by Crippen LogP contribution is -2.47. The van der Waals surface area contributed by atoms with E-state index in [2.05, 4.69) is 0 Å². The maximum Gasteiger partial charge on any atom is 0.0828 e. The molecule has 3 unspecified atom stereocenters. The number of aliphatic hydroxyl groups is 1. The van der Waals surface area contributed by atoms with Crippen molar-refractivity contribution in [2.75, 3.05) is 25.2 Å². The Labute approximate surface area is 108 Å². The Morgan fingerprint density at radius 3 is 2.76 bits per heavy atom. The van der Waals surface area contributed by atoms with Crippen molar-refractivity contribution in [2.45, 2.75) is 50.4 Å². The van der Waals surface area contributed by atoms with E-state index in [0.717, 1.165) is 32.3 Å². The van der Waals surface area contributed by atoms with Crippen LogP contribution in [0.5, 0.6) is 0 Å². The highest BCUT2D eigenvalue weighted by molar-refractivity contribution is 7.99. The monoisotopic (exact) mass is 260 g/mol. The molecule has 100 valence electrons. The molecule has 2 aliphatic rings. The van der Waals surface area contributed by atoms with Crippen LogP contribution in [-0.2, 0) is 9.47 Å². The molecule has 1 N–H and O–H groups in total. The van der Waals surface area contributed by atoms with Crippen molar-refractivity contribution >= 4 is 11.8 Å². The van der Waals surface area contributed by atoms with Crippen molar-refractivity contribution < 1.29 is 14.6 Å². The third kappa shape index (κ3) is 3.16. The molecule has 0 radical (unpaired) electrons. The fourth-order valence-electron chi connectivity index (χ4n) is 2.97. The van der Waals surface area contributed by atoms with Crippen LogP contribution in [0.1, 0.15) is 32.6 Å². The van der Waals surface area contributed by atoms with Crippen molar-refractivity contribution in [1.82, 2.24) is 0 Å². The van der Waals surface area contributed by atoms with Gasteiger partial charge in [0.25, 0.3) is 0 Å². The molecule has 0 aromatic rings. The molecular weight excluding hydrogens is 236 g/mol. The number of hydrogen-bond donors (Lipinski definition) is 1. The molecule has 2 saturated heterocycles. The minimum Gasteiger partial charge on any atom is -0.390 e. The van der Waals surface area contributed by atoms with E-state index < -0.39 is 0 Å². The summed E-state index contributed by atoms with van der Waals surface area (Å²) in [6.07, 6.45) is 3.82. The zero-order valence-corrected chi connectivity index (χ0v) is 11.7. The Morgan fingerprint density at radius 1 is 1.41 bits per heavy atom. The number of thioether (sulfide) groups is 1. The first-order valence-corrected chi connectivity index (χ1v) is 7.75.